The van der Waals surface area contributed by atoms with Gasteiger partial charge in [0.25, 0.3) is 0 Å². The smallest absolute Gasteiger partial charge is 0.216 e. The molecule has 5 heterocycles. The van der Waals surface area contributed by atoms with E-state index in [2.05, 4.69) is 38.4 Å². The van der Waals surface area contributed by atoms with E-state index < -0.39 is 0 Å². The quantitative estimate of drug-likeness (QED) is 0.427. The zero-order valence-electron chi connectivity index (χ0n) is 20.6. The van der Waals surface area contributed by atoms with E-state index in [0.29, 0.717) is 11.9 Å². The predicted molar refractivity (Wildman–Crippen MR) is 139 cm³/mol. The van der Waals surface area contributed by atoms with Crippen LogP contribution in [0.1, 0.15) is 24.8 Å². The zero-order valence-corrected chi connectivity index (χ0v) is 20.6. The number of piperidine rings is 1. The molecule has 0 bridgehead atoms. The average Bonchev–Trinajstić information content (AvgIpc) is 3.42. The maximum absolute atomic E-state index is 5.77. The fourth-order valence-corrected chi connectivity index (χ4v) is 5.02. The Kier molecular flexibility index (Phi) is 6.06. The Hall–Kier alpha value is -3.85. The van der Waals surface area contributed by atoms with Crippen molar-refractivity contribution in [3.05, 3.63) is 54.6 Å². The van der Waals surface area contributed by atoms with Crippen molar-refractivity contribution in [2.45, 2.75) is 31.8 Å². The van der Waals surface area contributed by atoms with Gasteiger partial charge in [0.2, 0.25) is 5.88 Å². The molecule has 0 aliphatic carbocycles. The molecule has 9 heteroatoms. The maximum Gasteiger partial charge on any atom is 0.216 e. The van der Waals surface area contributed by atoms with Gasteiger partial charge in [-0.05, 0) is 43.9 Å². The molecule has 1 saturated heterocycles. The number of benzene rings is 1. The standard InChI is InChI=1S/C27H30N6O3/c1-34-21-7-10-32(11-8-21)23-6-5-20(15-24(23)35-2)30-25-26-28-9-12-33(26)17-22(31-25)19-14-18-4-3-13-36-27(18)29-16-19/h5-6,9,12,14-17,21H,3-4,7-8,10-11,13H2,1-2H3,(H,30,31). The second-order valence-corrected chi connectivity index (χ2v) is 9.21. The van der Waals surface area contributed by atoms with Crippen LogP contribution >= 0.6 is 0 Å². The Labute approximate surface area is 210 Å². The third-order valence-electron chi connectivity index (χ3n) is 6.98. The van der Waals surface area contributed by atoms with Crippen molar-refractivity contribution in [1.29, 1.82) is 0 Å². The van der Waals surface area contributed by atoms with E-state index in [-0.39, 0.29) is 0 Å². The number of aryl methyl sites for hydroxylation is 1. The van der Waals surface area contributed by atoms with Crippen molar-refractivity contribution < 1.29 is 14.2 Å². The van der Waals surface area contributed by atoms with E-state index in [4.69, 9.17) is 19.2 Å². The molecular formula is C27H30N6O3. The molecule has 0 amide bonds. The highest BCUT2D eigenvalue weighted by Crippen LogP contribution is 2.35. The van der Waals surface area contributed by atoms with E-state index in [9.17, 15) is 0 Å². The van der Waals surface area contributed by atoms with Gasteiger partial charge in [0.15, 0.2) is 11.5 Å². The Balaban J connectivity index is 1.30. The van der Waals surface area contributed by atoms with Crippen molar-refractivity contribution >= 4 is 22.8 Å². The summed E-state index contributed by atoms with van der Waals surface area (Å²) in [4.78, 5) is 16.3. The molecule has 6 rings (SSSR count). The summed E-state index contributed by atoms with van der Waals surface area (Å²) >= 11 is 0. The van der Waals surface area contributed by atoms with Gasteiger partial charge in [-0.3, -0.25) is 0 Å². The molecule has 9 nitrogen and oxygen atoms in total. The molecule has 1 aromatic carbocycles. The van der Waals surface area contributed by atoms with Gasteiger partial charge in [-0.15, -0.1) is 0 Å². The van der Waals surface area contributed by atoms with Crippen molar-refractivity contribution in [3.63, 3.8) is 0 Å². The molecular weight excluding hydrogens is 456 g/mol. The lowest BCUT2D eigenvalue weighted by Gasteiger charge is -2.33. The van der Waals surface area contributed by atoms with Crippen LogP contribution in [0.2, 0.25) is 0 Å². The second-order valence-electron chi connectivity index (χ2n) is 9.21. The number of pyridine rings is 1. The molecule has 0 spiro atoms. The number of hydrogen-bond donors (Lipinski definition) is 1. The minimum atomic E-state index is 0.335. The zero-order chi connectivity index (χ0) is 24.5. The number of hydrogen-bond acceptors (Lipinski definition) is 8. The monoisotopic (exact) mass is 486 g/mol. The Morgan fingerprint density at radius 3 is 2.83 bits per heavy atom. The number of rotatable bonds is 6. The maximum atomic E-state index is 5.77. The SMILES string of the molecule is COc1cc(Nc2nc(-c3cnc4c(c3)CCCO4)cn3ccnc23)ccc1N1CCC(OC)CC1. The minimum absolute atomic E-state index is 0.335. The highest BCUT2D eigenvalue weighted by atomic mass is 16.5. The van der Waals surface area contributed by atoms with Gasteiger partial charge in [0, 0.05) is 67.9 Å². The number of anilines is 3. The van der Waals surface area contributed by atoms with Crippen LogP contribution in [0.4, 0.5) is 17.2 Å². The topological polar surface area (TPSA) is 86.0 Å². The number of nitrogens with one attached hydrogen (secondary N) is 1. The summed E-state index contributed by atoms with van der Waals surface area (Å²) in [6.07, 6.45) is 11.8. The third kappa shape index (κ3) is 4.30. The van der Waals surface area contributed by atoms with Crippen LogP contribution in [-0.4, -0.2) is 59.4 Å². The molecule has 0 unspecified atom stereocenters. The lowest BCUT2D eigenvalue weighted by molar-refractivity contribution is 0.0818. The lowest BCUT2D eigenvalue weighted by Crippen LogP contribution is -2.36. The lowest BCUT2D eigenvalue weighted by atomic mass is 10.1. The van der Waals surface area contributed by atoms with Gasteiger partial charge in [-0.1, -0.05) is 0 Å². The van der Waals surface area contributed by atoms with Crippen LogP contribution < -0.4 is 19.7 Å². The first-order valence-corrected chi connectivity index (χ1v) is 12.4. The van der Waals surface area contributed by atoms with Crippen molar-refractivity contribution in [3.8, 4) is 22.9 Å². The summed E-state index contributed by atoms with van der Waals surface area (Å²) in [5.74, 6) is 2.22. The van der Waals surface area contributed by atoms with Crippen molar-refractivity contribution in [2.75, 3.05) is 44.1 Å². The van der Waals surface area contributed by atoms with Gasteiger partial charge >= 0.3 is 0 Å². The fraction of sp³-hybridized carbons (Fsp3) is 0.370. The number of fused-ring (bicyclic) bond motifs is 2. The minimum Gasteiger partial charge on any atom is -0.495 e. The highest BCUT2D eigenvalue weighted by molar-refractivity contribution is 5.76. The van der Waals surface area contributed by atoms with E-state index in [0.717, 1.165) is 90.9 Å². The van der Waals surface area contributed by atoms with E-state index in [1.165, 1.54) is 0 Å². The van der Waals surface area contributed by atoms with E-state index in [1.807, 2.05) is 29.1 Å². The largest absolute Gasteiger partial charge is 0.495 e. The molecule has 36 heavy (non-hydrogen) atoms. The normalized spacial score (nSPS) is 16.0. The number of aromatic nitrogens is 4. The predicted octanol–water partition coefficient (Wildman–Crippen LogP) is 4.48. The summed E-state index contributed by atoms with van der Waals surface area (Å²) in [7, 11) is 3.50. The van der Waals surface area contributed by atoms with E-state index in [1.54, 1.807) is 20.4 Å². The third-order valence-corrected chi connectivity index (χ3v) is 6.98. The number of ether oxygens (including phenoxy) is 3. The van der Waals surface area contributed by atoms with Crippen molar-refractivity contribution in [1.82, 2.24) is 19.4 Å². The summed E-state index contributed by atoms with van der Waals surface area (Å²) in [6.45, 7) is 2.61. The Bertz CT molecular complexity index is 1380. The van der Waals surface area contributed by atoms with Gasteiger partial charge in [0.1, 0.15) is 5.75 Å². The number of nitrogens with zero attached hydrogens (tertiary/aromatic N) is 5. The first-order chi connectivity index (χ1) is 17.7. The van der Waals surface area contributed by atoms with Crippen molar-refractivity contribution in [2.24, 2.45) is 0 Å². The molecule has 0 radical (unpaired) electrons. The van der Waals surface area contributed by atoms with Crippen LogP contribution in [0.15, 0.2) is 49.1 Å². The summed E-state index contributed by atoms with van der Waals surface area (Å²) in [5, 5.41) is 3.47. The molecule has 2 aliphatic heterocycles. The van der Waals surface area contributed by atoms with Crippen LogP contribution in [0.3, 0.4) is 0 Å². The molecule has 4 aromatic rings. The summed E-state index contributed by atoms with van der Waals surface area (Å²) < 4.78 is 19.0. The molecule has 0 saturated carbocycles. The van der Waals surface area contributed by atoms with Gasteiger partial charge in [-0.2, -0.15) is 0 Å². The summed E-state index contributed by atoms with van der Waals surface area (Å²) in [5.41, 5.74) is 5.61. The molecule has 2 aliphatic rings. The molecule has 1 N–H and O–H groups in total. The summed E-state index contributed by atoms with van der Waals surface area (Å²) in [6, 6.07) is 8.31. The van der Waals surface area contributed by atoms with E-state index >= 15 is 0 Å². The average molecular weight is 487 g/mol. The molecule has 1 fully saturated rings. The Morgan fingerprint density at radius 2 is 2.00 bits per heavy atom. The Morgan fingerprint density at radius 1 is 1.11 bits per heavy atom. The first kappa shape index (κ1) is 22.6. The van der Waals surface area contributed by atoms with Crippen LogP contribution in [0.25, 0.3) is 16.9 Å². The van der Waals surface area contributed by atoms with Gasteiger partial charge in [0.05, 0.1) is 31.2 Å². The molecule has 186 valence electrons. The van der Waals surface area contributed by atoms with Crippen LogP contribution in [0, 0.1) is 0 Å². The number of methoxy groups -OCH3 is 2. The molecule has 0 atom stereocenters. The fourth-order valence-electron chi connectivity index (χ4n) is 5.02. The second kappa shape index (κ2) is 9.66. The van der Waals surface area contributed by atoms with Crippen LogP contribution in [0.5, 0.6) is 11.6 Å². The van der Waals surface area contributed by atoms with Gasteiger partial charge in [-0.25, -0.2) is 15.0 Å². The van der Waals surface area contributed by atoms with Gasteiger partial charge < -0.3 is 28.8 Å². The molecule has 3 aromatic heterocycles. The first-order valence-electron chi connectivity index (χ1n) is 12.4. The highest BCUT2D eigenvalue weighted by Gasteiger charge is 2.22. The van der Waals surface area contributed by atoms with Crippen LogP contribution in [-0.2, 0) is 11.2 Å². The number of imidazole rings is 1.